The van der Waals surface area contributed by atoms with Gasteiger partial charge in [0.25, 0.3) is 0 Å². The molecule has 0 N–H and O–H groups in total. The van der Waals surface area contributed by atoms with Crippen molar-refractivity contribution in [2.45, 2.75) is 17.7 Å². The highest BCUT2D eigenvalue weighted by Gasteiger charge is 2.28. The summed E-state index contributed by atoms with van der Waals surface area (Å²) in [6.07, 6.45) is 1.82. The Morgan fingerprint density at radius 3 is 2.65 bits per heavy atom. The summed E-state index contributed by atoms with van der Waals surface area (Å²) >= 11 is 3.38. The summed E-state index contributed by atoms with van der Waals surface area (Å²) < 4.78 is 5.11. The van der Waals surface area contributed by atoms with E-state index in [1.54, 1.807) is 7.11 Å². The largest absolute Gasteiger partial charge is 0.497 e. The molecule has 1 aromatic carbocycles. The molecule has 92 valence electrons. The van der Waals surface area contributed by atoms with Crippen molar-refractivity contribution >= 4 is 21.8 Å². The predicted octanol–water partition coefficient (Wildman–Crippen LogP) is 2.23. The quantitative estimate of drug-likeness (QED) is 0.798. The van der Waals surface area contributed by atoms with Crippen molar-refractivity contribution in [3.05, 3.63) is 29.8 Å². The van der Waals surface area contributed by atoms with E-state index in [1.807, 2.05) is 29.2 Å². The van der Waals surface area contributed by atoms with Crippen LogP contribution in [0.15, 0.2) is 24.3 Å². The van der Waals surface area contributed by atoms with Crippen LogP contribution in [-0.2, 0) is 11.2 Å². The first-order valence-electron chi connectivity index (χ1n) is 5.76. The Balaban J connectivity index is 1.87. The van der Waals surface area contributed by atoms with E-state index >= 15 is 0 Å². The maximum Gasteiger partial charge on any atom is 0.236 e. The third-order valence-corrected chi connectivity index (χ3v) is 3.91. The molecule has 4 heteroatoms. The molecule has 17 heavy (non-hydrogen) atoms. The van der Waals surface area contributed by atoms with Crippen molar-refractivity contribution in [1.29, 1.82) is 0 Å². The smallest absolute Gasteiger partial charge is 0.236 e. The number of amides is 1. The molecular formula is C13H16BrNO2. The average molecular weight is 298 g/mol. The molecule has 1 aliphatic rings. The molecule has 0 aliphatic carbocycles. The molecule has 0 bridgehead atoms. The lowest BCUT2D eigenvalue weighted by molar-refractivity contribution is -0.127. The lowest BCUT2D eigenvalue weighted by Crippen LogP contribution is -2.29. The van der Waals surface area contributed by atoms with Crippen LogP contribution >= 0.6 is 15.9 Å². The normalized spacial score (nSPS) is 19.8. The number of alkyl halides is 1. The molecule has 1 unspecified atom stereocenters. The number of likely N-dealkylation sites (tertiary alicyclic amines) is 1. The van der Waals surface area contributed by atoms with Crippen LogP contribution in [0.4, 0.5) is 0 Å². The molecule has 1 aliphatic heterocycles. The number of nitrogens with zero attached hydrogens (tertiary/aromatic N) is 1. The van der Waals surface area contributed by atoms with E-state index in [4.69, 9.17) is 4.74 Å². The Kier molecular flexibility index (Phi) is 4.05. The number of halogens is 1. The highest BCUT2D eigenvalue weighted by atomic mass is 79.9. The SMILES string of the molecule is COc1ccc(CCN2CCC(Br)C2=O)cc1. The van der Waals surface area contributed by atoms with Crippen LogP contribution in [0.5, 0.6) is 5.75 Å². The fourth-order valence-corrected chi connectivity index (χ4v) is 2.47. The van der Waals surface area contributed by atoms with Crippen molar-refractivity contribution in [3.63, 3.8) is 0 Å². The van der Waals surface area contributed by atoms with Gasteiger partial charge in [0.15, 0.2) is 0 Å². The van der Waals surface area contributed by atoms with Gasteiger partial charge < -0.3 is 9.64 Å². The topological polar surface area (TPSA) is 29.5 Å². The first-order chi connectivity index (χ1) is 8.20. The molecule has 1 amide bonds. The fraction of sp³-hybridized carbons (Fsp3) is 0.462. The van der Waals surface area contributed by atoms with Crippen molar-refractivity contribution in [3.8, 4) is 5.75 Å². The Bertz CT molecular complexity index is 391. The molecule has 1 heterocycles. The Morgan fingerprint density at radius 2 is 2.12 bits per heavy atom. The number of methoxy groups -OCH3 is 1. The van der Waals surface area contributed by atoms with Crippen LogP contribution in [0.2, 0.25) is 0 Å². The van der Waals surface area contributed by atoms with Crippen LogP contribution in [0, 0.1) is 0 Å². The summed E-state index contributed by atoms with van der Waals surface area (Å²) in [5.41, 5.74) is 1.23. The van der Waals surface area contributed by atoms with Gasteiger partial charge in [0.1, 0.15) is 5.75 Å². The van der Waals surface area contributed by atoms with Crippen LogP contribution in [-0.4, -0.2) is 35.8 Å². The third-order valence-electron chi connectivity index (χ3n) is 3.06. The lowest BCUT2D eigenvalue weighted by Gasteiger charge is -2.15. The third kappa shape index (κ3) is 3.00. The highest BCUT2D eigenvalue weighted by Crippen LogP contribution is 2.19. The van der Waals surface area contributed by atoms with Gasteiger partial charge in [-0.25, -0.2) is 0 Å². The zero-order chi connectivity index (χ0) is 12.3. The minimum Gasteiger partial charge on any atom is -0.497 e. The van der Waals surface area contributed by atoms with Crippen molar-refractivity contribution in [1.82, 2.24) is 4.90 Å². The molecule has 1 aromatic rings. The average Bonchev–Trinajstić information content (AvgIpc) is 2.68. The van der Waals surface area contributed by atoms with Gasteiger partial charge in [-0.05, 0) is 30.5 Å². The maximum absolute atomic E-state index is 11.7. The van der Waals surface area contributed by atoms with Gasteiger partial charge in [-0.2, -0.15) is 0 Å². The van der Waals surface area contributed by atoms with Gasteiger partial charge in [0.05, 0.1) is 11.9 Å². The minimum absolute atomic E-state index is 0.0263. The Hall–Kier alpha value is -1.03. The summed E-state index contributed by atoms with van der Waals surface area (Å²) in [4.78, 5) is 13.6. The zero-order valence-electron chi connectivity index (χ0n) is 9.86. The summed E-state index contributed by atoms with van der Waals surface area (Å²) in [7, 11) is 1.66. The van der Waals surface area contributed by atoms with E-state index in [0.29, 0.717) is 0 Å². The van der Waals surface area contributed by atoms with Gasteiger partial charge in [0, 0.05) is 13.1 Å². The Labute approximate surface area is 110 Å². The first-order valence-corrected chi connectivity index (χ1v) is 6.68. The van der Waals surface area contributed by atoms with Crippen LogP contribution in [0.25, 0.3) is 0 Å². The van der Waals surface area contributed by atoms with E-state index in [9.17, 15) is 4.79 Å². The summed E-state index contributed by atoms with van der Waals surface area (Å²) in [6, 6.07) is 8.00. The minimum atomic E-state index is 0.0263. The summed E-state index contributed by atoms with van der Waals surface area (Å²) in [5, 5.41) is 0. The fourth-order valence-electron chi connectivity index (χ4n) is 1.98. The van der Waals surface area contributed by atoms with E-state index < -0.39 is 0 Å². The van der Waals surface area contributed by atoms with Gasteiger partial charge in [-0.3, -0.25) is 4.79 Å². The second-order valence-electron chi connectivity index (χ2n) is 4.18. The Morgan fingerprint density at radius 1 is 1.41 bits per heavy atom. The van der Waals surface area contributed by atoms with Crippen molar-refractivity contribution < 1.29 is 9.53 Å². The molecule has 1 fully saturated rings. The molecule has 0 spiro atoms. The van der Waals surface area contributed by atoms with Gasteiger partial charge in [-0.15, -0.1) is 0 Å². The summed E-state index contributed by atoms with van der Waals surface area (Å²) in [6.45, 7) is 1.66. The van der Waals surface area contributed by atoms with Gasteiger partial charge >= 0.3 is 0 Å². The monoisotopic (exact) mass is 297 g/mol. The molecule has 0 aromatic heterocycles. The van der Waals surface area contributed by atoms with E-state index in [1.165, 1.54) is 5.56 Å². The van der Waals surface area contributed by atoms with E-state index in [2.05, 4.69) is 15.9 Å². The predicted molar refractivity (Wildman–Crippen MR) is 70.6 cm³/mol. The number of carbonyl (C=O) groups is 1. The van der Waals surface area contributed by atoms with Crippen molar-refractivity contribution in [2.24, 2.45) is 0 Å². The van der Waals surface area contributed by atoms with Crippen LogP contribution in [0.1, 0.15) is 12.0 Å². The van der Waals surface area contributed by atoms with Crippen LogP contribution in [0.3, 0.4) is 0 Å². The molecule has 1 atom stereocenters. The number of benzene rings is 1. The first kappa shape index (κ1) is 12.4. The standard InChI is InChI=1S/C13H16BrNO2/c1-17-11-4-2-10(3-5-11)6-8-15-9-7-12(14)13(15)16/h2-5,12H,6-9H2,1H3. The highest BCUT2D eigenvalue weighted by molar-refractivity contribution is 9.10. The number of hydrogen-bond donors (Lipinski definition) is 0. The number of carbonyl (C=O) groups excluding carboxylic acids is 1. The maximum atomic E-state index is 11.7. The molecule has 2 rings (SSSR count). The second-order valence-corrected chi connectivity index (χ2v) is 5.28. The van der Waals surface area contributed by atoms with Crippen LogP contribution < -0.4 is 4.74 Å². The number of hydrogen-bond acceptors (Lipinski definition) is 2. The number of rotatable bonds is 4. The van der Waals surface area contributed by atoms with Gasteiger partial charge in [-0.1, -0.05) is 28.1 Å². The van der Waals surface area contributed by atoms with E-state index in [-0.39, 0.29) is 10.7 Å². The number of ether oxygens (including phenoxy) is 1. The van der Waals surface area contributed by atoms with Crippen molar-refractivity contribution in [2.75, 3.05) is 20.2 Å². The molecule has 1 saturated heterocycles. The lowest BCUT2D eigenvalue weighted by atomic mass is 10.1. The molecule has 0 saturated carbocycles. The second kappa shape index (κ2) is 5.54. The zero-order valence-corrected chi connectivity index (χ0v) is 11.4. The molecule has 0 radical (unpaired) electrons. The molecular weight excluding hydrogens is 282 g/mol. The van der Waals surface area contributed by atoms with Gasteiger partial charge in [0.2, 0.25) is 5.91 Å². The van der Waals surface area contributed by atoms with E-state index in [0.717, 1.165) is 31.7 Å². The molecule has 3 nitrogen and oxygen atoms in total. The summed E-state index contributed by atoms with van der Waals surface area (Å²) in [5.74, 6) is 1.09.